The van der Waals surface area contributed by atoms with Gasteiger partial charge in [0.15, 0.2) is 6.73 Å². The number of carbonyl (C=O) groups excluding carboxylic acids is 1. The van der Waals surface area contributed by atoms with E-state index in [0.717, 1.165) is 87.9 Å². The van der Waals surface area contributed by atoms with Crippen LogP contribution in [0.3, 0.4) is 0 Å². The molecule has 0 amide bonds. The lowest BCUT2D eigenvalue weighted by Crippen LogP contribution is -2.46. The quantitative estimate of drug-likeness (QED) is 0.164. The van der Waals surface area contributed by atoms with E-state index in [1.54, 1.807) is 6.07 Å². The van der Waals surface area contributed by atoms with Crippen molar-refractivity contribution < 1.29 is 14.3 Å². The summed E-state index contributed by atoms with van der Waals surface area (Å²) in [5.41, 5.74) is 1.90. The van der Waals surface area contributed by atoms with Gasteiger partial charge in [-0.2, -0.15) is 0 Å². The second-order valence-corrected chi connectivity index (χ2v) is 12.2. The number of hydrogen-bond acceptors (Lipinski definition) is 7. The third-order valence-corrected chi connectivity index (χ3v) is 9.44. The number of benzene rings is 2. The molecule has 1 aliphatic heterocycles. The summed E-state index contributed by atoms with van der Waals surface area (Å²) in [5.74, 6) is 0.493. The van der Waals surface area contributed by atoms with Crippen molar-refractivity contribution >= 4 is 44.0 Å². The molecular formula is C33H39N3O4S. The fourth-order valence-electron chi connectivity index (χ4n) is 6.17. The van der Waals surface area contributed by atoms with Crippen molar-refractivity contribution in [3.8, 4) is 5.75 Å². The van der Waals surface area contributed by atoms with Crippen molar-refractivity contribution in [2.24, 2.45) is 5.92 Å². The minimum atomic E-state index is -0.192. The van der Waals surface area contributed by atoms with Crippen molar-refractivity contribution in [3.63, 3.8) is 0 Å². The van der Waals surface area contributed by atoms with Gasteiger partial charge in [-0.3, -0.25) is 19.1 Å². The average molecular weight is 574 g/mol. The molecule has 2 aromatic carbocycles. The Morgan fingerprint density at radius 1 is 0.927 bits per heavy atom. The van der Waals surface area contributed by atoms with Crippen LogP contribution in [0.1, 0.15) is 44.9 Å². The summed E-state index contributed by atoms with van der Waals surface area (Å²) in [6.07, 6.45) is 7.12. The summed E-state index contributed by atoms with van der Waals surface area (Å²) in [6, 6.07) is 18.0. The zero-order valence-corrected chi connectivity index (χ0v) is 24.4. The molecule has 4 aromatic rings. The molecule has 7 nitrogen and oxygen atoms in total. The number of piperazine rings is 1. The highest BCUT2D eigenvalue weighted by Gasteiger charge is 2.23. The number of pyridine rings is 1. The van der Waals surface area contributed by atoms with Crippen LogP contribution in [0.15, 0.2) is 64.8 Å². The predicted octanol–water partition coefficient (Wildman–Crippen LogP) is 6.28. The Hall–Kier alpha value is -3.36. The molecule has 8 heteroatoms. The van der Waals surface area contributed by atoms with Crippen molar-refractivity contribution in [2.75, 3.05) is 44.2 Å². The van der Waals surface area contributed by atoms with Gasteiger partial charge in [0, 0.05) is 54.1 Å². The predicted molar refractivity (Wildman–Crippen MR) is 166 cm³/mol. The van der Waals surface area contributed by atoms with E-state index in [2.05, 4.69) is 39.4 Å². The van der Waals surface area contributed by atoms with E-state index in [1.165, 1.54) is 32.8 Å². The molecule has 2 aromatic heterocycles. The lowest BCUT2D eigenvalue weighted by Gasteiger charge is -2.36. The number of aromatic nitrogens is 1. The molecule has 6 rings (SSSR count). The molecule has 0 unspecified atom stereocenters. The van der Waals surface area contributed by atoms with Crippen LogP contribution in [0.5, 0.6) is 5.75 Å². The summed E-state index contributed by atoms with van der Waals surface area (Å²) >= 11 is 1.81. The number of hydrogen-bond donors (Lipinski definition) is 0. The molecular weight excluding hydrogens is 534 g/mol. The van der Waals surface area contributed by atoms with Crippen LogP contribution in [0.25, 0.3) is 21.0 Å². The maximum atomic E-state index is 12.7. The van der Waals surface area contributed by atoms with E-state index >= 15 is 0 Å². The third-order valence-electron chi connectivity index (χ3n) is 8.56. The fraction of sp³-hybridized carbons (Fsp3) is 0.455. The van der Waals surface area contributed by atoms with Crippen LogP contribution in [0, 0.1) is 5.92 Å². The lowest BCUT2D eigenvalue weighted by molar-refractivity contribution is -0.153. The Balaban J connectivity index is 0.968. The number of anilines is 1. The molecule has 41 heavy (non-hydrogen) atoms. The van der Waals surface area contributed by atoms with E-state index in [-0.39, 0.29) is 24.2 Å². The number of carbonyl (C=O) groups is 1. The van der Waals surface area contributed by atoms with Gasteiger partial charge < -0.3 is 14.4 Å². The maximum Gasteiger partial charge on any atom is 0.310 e. The van der Waals surface area contributed by atoms with Gasteiger partial charge in [-0.1, -0.05) is 25.3 Å². The first-order chi connectivity index (χ1) is 20.2. The molecule has 0 bridgehead atoms. The standard InChI is InChI=1S/C33H39N3O4S/c37-32-14-12-25-11-13-27(23-30(25)36(32)24-40-33(38)26-7-2-1-3-8-26)39-21-5-4-16-34-17-19-35(20-18-34)29-9-6-10-31-28(29)15-22-41-31/h6,9-15,22-23,26H,1-5,7-8,16-21,24H2. The normalized spacial score (nSPS) is 16.8. The Morgan fingerprint density at radius 3 is 2.61 bits per heavy atom. The Labute approximate surface area is 245 Å². The number of nitrogens with zero attached hydrogens (tertiary/aromatic N) is 3. The third kappa shape index (κ3) is 6.60. The van der Waals surface area contributed by atoms with Crippen LogP contribution in [0.4, 0.5) is 5.69 Å². The van der Waals surface area contributed by atoms with Gasteiger partial charge in [-0.05, 0) is 79.4 Å². The average Bonchev–Trinajstić information content (AvgIpc) is 3.50. The van der Waals surface area contributed by atoms with E-state index in [4.69, 9.17) is 9.47 Å². The highest BCUT2D eigenvalue weighted by atomic mass is 32.1. The maximum absolute atomic E-state index is 12.7. The minimum Gasteiger partial charge on any atom is -0.494 e. The summed E-state index contributed by atoms with van der Waals surface area (Å²) in [6.45, 7) is 5.90. The second kappa shape index (κ2) is 13.1. The van der Waals surface area contributed by atoms with Gasteiger partial charge in [0.05, 0.1) is 18.0 Å². The molecule has 216 valence electrons. The molecule has 1 saturated heterocycles. The topological polar surface area (TPSA) is 64.0 Å². The van der Waals surface area contributed by atoms with Gasteiger partial charge in [-0.15, -0.1) is 11.3 Å². The smallest absolute Gasteiger partial charge is 0.310 e. The molecule has 0 spiro atoms. The molecule has 1 aliphatic carbocycles. The van der Waals surface area contributed by atoms with E-state index in [9.17, 15) is 9.59 Å². The van der Waals surface area contributed by atoms with Gasteiger partial charge in [0.2, 0.25) is 0 Å². The highest BCUT2D eigenvalue weighted by Crippen LogP contribution is 2.31. The largest absolute Gasteiger partial charge is 0.494 e. The van der Waals surface area contributed by atoms with E-state index in [1.807, 2.05) is 29.5 Å². The lowest BCUT2D eigenvalue weighted by atomic mass is 9.89. The van der Waals surface area contributed by atoms with Crippen molar-refractivity contribution in [3.05, 3.63) is 70.3 Å². The molecule has 3 heterocycles. The second-order valence-electron chi connectivity index (χ2n) is 11.2. The number of esters is 1. The van der Waals surface area contributed by atoms with Gasteiger partial charge >= 0.3 is 5.97 Å². The van der Waals surface area contributed by atoms with Crippen LogP contribution in [-0.2, 0) is 16.3 Å². The van der Waals surface area contributed by atoms with Crippen molar-refractivity contribution in [2.45, 2.75) is 51.7 Å². The minimum absolute atomic E-state index is 0.0432. The van der Waals surface area contributed by atoms with Crippen LogP contribution >= 0.6 is 11.3 Å². The van der Waals surface area contributed by atoms with Crippen molar-refractivity contribution in [1.29, 1.82) is 0 Å². The first kappa shape index (κ1) is 27.8. The highest BCUT2D eigenvalue weighted by molar-refractivity contribution is 7.17. The summed E-state index contributed by atoms with van der Waals surface area (Å²) < 4.78 is 14.6. The van der Waals surface area contributed by atoms with Crippen LogP contribution in [0.2, 0.25) is 0 Å². The first-order valence-corrected chi connectivity index (χ1v) is 15.9. The Morgan fingerprint density at radius 2 is 1.76 bits per heavy atom. The van der Waals surface area contributed by atoms with Gasteiger partial charge in [-0.25, -0.2) is 0 Å². The Bertz CT molecular complexity index is 1530. The van der Waals surface area contributed by atoms with Gasteiger partial charge in [0.25, 0.3) is 5.56 Å². The molecule has 2 aliphatic rings. The molecule has 0 N–H and O–H groups in total. The molecule has 1 saturated carbocycles. The number of fused-ring (bicyclic) bond motifs is 2. The molecule has 0 atom stereocenters. The number of ether oxygens (including phenoxy) is 2. The summed E-state index contributed by atoms with van der Waals surface area (Å²) in [7, 11) is 0. The summed E-state index contributed by atoms with van der Waals surface area (Å²) in [5, 5.41) is 4.47. The SMILES string of the molecule is O=C(OCn1c(=O)ccc2ccc(OCCCCN3CCN(c4cccc5sccc45)CC3)cc21)C1CCCCC1. The van der Waals surface area contributed by atoms with E-state index in [0.29, 0.717) is 6.61 Å². The molecule has 0 radical (unpaired) electrons. The fourth-order valence-corrected chi connectivity index (χ4v) is 6.98. The van der Waals surface area contributed by atoms with Gasteiger partial charge in [0.1, 0.15) is 5.75 Å². The zero-order chi connectivity index (χ0) is 28.0. The van der Waals surface area contributed by atoms with E-state index < -0.39 is 0 Å². The van der Waals surface area contributed by atoms with Crippen molar-refractivity contribution in [1.82, 2.24) is 9.47 Å². The molecule has 2 fully saturated rings. The van der Waals surface area contributed by atoms with Crippen LogP contribution < -0.4 is 15.2 Å². The number of unbranched alkanes of at least 4 members (excludes halogenated alkanes) is 1. The Kier molecular flexibility index (Phi) is 8.87. The summed E-state index contributed by atoms with van der Waals surface area (Å²) in [4.78, 5) is 30.3. The number of thiophene rings is 1. The number of rotatable bonds is 10. The van der Waals surface area contributed by atoms with Crippen LogP contribution in [-0.4, -0.2) is 54.8 Å². The first-order valence-electron chi connectivity index (χ1n) is 15.0. The zero-order valence-electron chi connectivity index (χ0n) is 23.6. The monoisotopic (exact) mass is 573 g/mol.